The van der Waals surface area contributed by atoms with Gasteiger partial charge in [0.1, 0.15) is 0 Å². The van der Waals surface area contributed by atoms with E-state index in [4.69, 9.17) is 0 Å². The van der Waals surface area contributed by atoms with Crippen LogP contribution in [0, 0.1) is 11.6 Å². The van der Waals surface area contributed by atoms with E-state index in [2.05, 4.69) is 0 Å². The van der Waals surface area contributed by atoms with Gasteiger partial charge in [-0.25, -0.2) is 8.78 Å². The Balaban J connectivity index is 2.08. The zero-order valence-corrected chi connectivity index (χ0v) is 14.9. The van der Waals surface area contributed by atoms with Crippen molar-refractivity contribution in [2.45, 2.75) is 6.92 Å². The molecular weight excluding hydrogens is 360 g/mol. The molecule has 0 atom stereocenters. The lowest BCUT2D eigenvalue weighted by atomic mass is 9.94. The van der Waals surface area contributed by atoms with Gasteiger partial charge in [0.15, 0.2) is 23.2 Å². The Morgan fingerprint density at radius 3 is 2.25 bits per heavy atom. The lowest BCUT2D eigenvalue weighted by Crippen LogP contribution is -2.05. The van der Waals surface area contributed by atoms with Crippen molar-refractivity contribution < 1.29 is 18.4 Å². The highest BCUT2D eigenvalue weighted by Crippen LogP contribution is 2.35. The Bertz CT molecular complexity index is 1230. The molecule has 2 heterocycles. The fourth-order valence-electron chi connectivity index (χ4n) is 3.45. The summed E-state index contributed by atoms with van der Waals surface area (Å²) in [5, 5.41) is 0. The lowest BCUT2D eigenvalue weighted by molar-refractivity contribution is 0.101. The fraction of sp³-hybridized carbons (Fsp3) is 0.0435. The van der Waals surface area contributed by atoms with Gasteiger partial charge in [0.25, 0.3) is 0 Å². The van der Waals surface area contributed by atoms with Crippen LogP contribution >= 0.6 is 0 Å². The third-order valence-electron chi connectivity index (χ3n) is 4.65. The number of aromatic nitrogens is 1. The van der Waals surface area contributed by atoms with Gasteiger partial charge in [-0.05, 0) is 35.9 Å². The van der Waals surface area contributed by atoms with E-state index in [0.717, 1.165) is 12.1 Å². The summed E-state index contributed by atoms with van der Waals surface area (Å²) in [5.41, 5.74) is 2.37. The molecule has 0 saturated heterocycles. The summed E-state index contributed by atoms with van der Waals surface area (Å²) in [4.78, 5) is 25.8. The fourth-order valence-corrected chi connectivity index (χ4v) is 3.45. The first-order valence-corrected chi connectivity index (χ1v) is 8.68. The standard InChI is InChI=1S/C23H15F2NO2/c1-14(27)22-20(15-7-3-2-4-8-15)21(19-9-5-6-12-26(19)22)23(28)16-10-11-17(24)18(25)13-16/h2-13H,1H3. The summed E-state index contributed by atoms with van der Waals surface area (Å²) in [6, 6.07) is 17.4. The third kappa shape index (κ3) is 2.81. The van der Waals surface area contributed by atoms with Gasteiger partial charge in [0.2, 0.25) is 0 Å². The number of hydrogen-bond acceptors (Lipinski definition) is 2. The van der Waals surface area contributed by atoms with Crippen LogP contribution in [0.3, 0.4) is 0 Å². The minimum absolute atomic E-state index is 0.0162. The summed E-state index contributed by atoms with van der Waals surface area (Å²) >= 11 is 0. The predicted octanol–water partition coefficient (Wildman–Crippen LogP) is 5.32. The predicted molar refractivity (Wildman–Crippen MR) is 103 cm³/mol. The first-order chi connectivity index (χ1) is 13.5. The molecule has 0 aliphatic heterocycles. The number of hydrogen-bond donors (Lipinski definition) is 0. The molecule has 2 aromatic heterocycles. The molecule has 0 fully saturated rings. The van der Waals surface area contributed by atoms with Crippen molar-refractivity contribution in [2.75, 3.05) is 0 Å². The van der Waals surface area contributed by atoms with Crippen LogP contribution in [0.5, 0.6) is 0 Å². The normalized spacial score (nSPS) is 11.0. The van der Waals surface area contributed by atoms with E-state index in [0.29, 0.717) is 22.3 Å². The Hall–Kier alpha value is -3.60. The second-order valence-corrected chi connectivity index (χ2v) is 6.43. The van der Waals surface area contributed by atoms with E-state index in [1.165, 1.54) is 13.0 Å². The molecule has 4 aromatic rings. The molecule has 2 aromatic carbocycles. The van der Waals surface area contributed by atoms with Crippen molar-refractivity contribution in [3.8, 4) is 11.1 Å². The summed E-state index contributed by atoms with van der Waals surface area (Å²) < 4.78 is 28.7. The van der Waals surface area contributed by atoms with Crippen LogP contribution < -0.4 is 0 Å². The molecule has 4 rings (SSSR count). The molecule has 0 aliphatic carbocycles. The maximum atomic E-state index is 13.7. The number of carbonyl (C=O) groups excluding carboxylic acids is 2. The van der Waals surface area contributed by atoms with Gasteiger partial charge in [0, 0.05) is 24.2 Å². The van der Waals surface area contributed by atoms with E-state index in [1.54, 1.807) is 28.8 Å². The number of pyridine rings is 1. The molecule has 0 amide bonds. The van der Waals surface area contributed by atoms with Gasteiger partial charge in [0.05, 0.1) is 16.8 Å². The maximum absolute atomic E-state index is 13.7. The maximum Gasteiger partial charge on any atom is 0.195 e. The second-order valence-electron chi connectivity index (χ2n) is 6.43. The first kappa shape index (κ1) is 17.8. The number of benzene rings is 2. The average Bonchev–Trinajstić information content (AvgIpc) is 3.05. The van der Waals surface area contributed by atoms with E-state index in [9.17, 15) is 18.4 Å². The highest BCUT2D eigenvalue weighted by Gasteiger charge is 2.27. The zero-order valence-electron chi connectivity index (χ0n) is 14.9. The van der Waals surface area contributed by atoms with Crippen LogP contribution in [-0.4, -0.2) is 16.0 Å². The Morgan fingerprint density at radius 2 is 1.57 bits per heavy atom. The summed E-state index contributed by atoms with van der Waals surface area (Å²) in [6.07, 6.45) is 1.71. The number of halogens is 2. The van der Waals surface area contributed by atoms with Gasteiger partial charge < -0.3 is 4.40 Å². The summed E-state index contributed by atoms with van der Waals surface area (Å²) in [5.74, 6) is -2.80. The van der Waals surface area contributed by atoms with Crippen molar-refractivity contribution in [3.63, 3.8) is 0 Å². The molecule has 5 heteroatoms. The van der Waals surface area contributed by atoms with Crippen LogP contribution in [0.1, 0.15) is 33.3 Å². The van der Waals surface area contributed by atoms with Crippen LogP contribution in [0.2, 0.25) is 0 Å². The minimum atomic E-state index is -1.09. The highest BCUT2D eigenvalue weighted by atomic mass is 19.2. The average molecular weight is 375 g/mol. The molecule has 0 aliphatic rings. The summed E-state index contributed by atoms with van der Waals surface area (Å²) in [7, 11) is 0. The Labute approximate surface area is 159 Å². The number of nitrogens with zero attached hydrogens (tertiary/aromatic N) is 1. The van der Waals surface area contributed by atoms with Gasteiger partial charge in [-0.1, -0.05) is 36.4 Å². The Kier molecular flexibility index (Phi) is 4.35. The number of carbonyl (C=O) groups is 2. The quantitative estimate of drug-likeness (QED) is 0.453. The molecule has 0 N–H and O–H groups in total. The Morgan fingerprint density at radius 1 is 0.857 bits per heavy atom. The second kappa shape index (κ2) is 6.85. The van der Waals surface area contributed by atoms with E-state index >= 15 is 0 Å². The van der Waals surface area contributed by atoms with Crippen LogP contribution in [0.25, 0.3) is 16.6 Å². The molecule has 28 heavy (non-hydrogen) atoms. The minimum Gasteiger partial charge on any atom is -0.313 e. The van der Waals surface area contributed by atoms with E-state index in [-0.39, 0.29) is 16.9 Å². The molecule has 0 bridgehead atoms. The van der Waals surface area contributed by atoms with E-state index < -0.39 is 17.4 Å². The van der Waals surface area contributed by atoms with E-state index in [1.807, 2.05) is 30.3 Å². The van der Waals surface area contributed by atoms with Crippen molar-refractivity contribution in [1.82, 2.24) is 4.40 Å². The number of fused-ring (bicyclic) bond motifs is 1. The molecule has 138 valence electrons. The topological polar surface area (TPSA) is 38.5 Å². The van der Waals surface area contributed by atoms with Gasteiger partial charge in [-0.3, -0.25) is 9.59 Å². The van der Waals surface area contributed by atoms with Crippen LogP contribution in [-0.2, 0) is 0 Å². The molecule has 0 unspecified atom stereocenters. The lowest BCUT2D eigenvalue weighted by Gasteiger charge is -2.07. The molecular formula is C23H15F2NO2. The van der Waals surface area contributed by atoms with Gasteiger partial charge in [-0.15, -0.1) is 0 Å². The number of rotatable bonds is 4. The SMILES string of the molecule is CC(=O)c1c(-c2ccccc2)c(C(=O)c2ccc(F)c(F)c2)c2ccccn12. The first-order valence-electron chi connectivity index (χ1n) is 8.68. The van der Waals surface area contributed by atoms with Crippen molar-refractivity contribution in [3.05, 3.63) is 101 Å². The summed E-state index contributed by atoms with van der Waals surface area (Å²) in [6.45, 7) is 1.44. The zero-order chi connectivity index (χ0) is 19.8. The highest BCUT2D eigenvalue weighted by molar-refractivity contribution is 6.20. The van der Waals surface area contributed by atoms with Crippen molar-refractivity contribution in [1.29, 1.82) is 0 Å². The molecule has 3 nitrogen and oxygen atoms in total. The monoisotopic (exact) mass is 375 g/mol. The third-order valence-corrected chi connectivity index (χ3v) is 4.65. The van der Waals surface area contributed by atoms with Crippen molar-refractivity contribution in [2.24, 2.45) is 0 Å². The van der Waals surface area contributed by atoms with Crippen LogP contribution in [0.15, 0.2) is 72.9 Å². The smallest absolute Gasteiger partial charge is 0.195 e. The van der Waals surface area contributed by atoms with Crippen LogP contribution in [0.4, 0.5) is 8.78 Å². The number of ketones is 2. The molecule has 0 saturated carbocycles. The number of Topliss-reactive ketones (excluding diaryl/α,β-unsaturated/α-hetero) is 1. The van der Waals surface area contributed by atoms with Gasteiger partial charge in [-0.2, -0.15) is 0 Å². The molecule has 0 radical (unpaired) electrons. The van der Waals surface area contributed by atoms with Crippen molar-refractivity contribution >= 4 is 17.1 Å². The largest absolute Gasteiger partial charge is 0.313 e. The molecule has 0 spiro atoms. The van der Waals surface area contributed by atoms with Gasteiger partial charge >= 0.3 is 0 Å².